The van der Waals surface area contributed by atoms with Gasteiger partial charge in [0.15, 0.2) is 0 Å². The Morgan fingerprint density at radius 3 is 2.47 bits per heavy atom. The quantitative estimate of drug-likeness (QED) is 0.818. The molecule has 0 saturated heterocycles. The van der Waals surface area contributed by atoms with Crippen molar-refractivity contribution in [1.82, 2.24) is 0 Å². The molecule has 0 spiro atoms. The van der Waals surface area contributed by atoms with Crippen LogP contribution >= 0.6 is 0 Å². The van der Waals surface area contributed by atoms with Crippen LogP contribution in [0.5, 0.6) is 0 Å². The molecule has 0 bridgehead atoms. The van der Waals surface area contributed by atoms with E-state index in [0.29, 0.717) is 12.0 Å². The molecule has 0 aromatic rings. The minimum Gasteiger partial charge on any atom is -0.381 e. The van der Waals surface area contributed by atoms with Crippen molar-refractivity contribution < 1.29 is 4.74 Å². The maximum atomic E-state index is 6.71. The molecule has 2 N–H and O–H groups in total. The van der Waals surface area contributed by atoms with Crippen LogP contribution in [-0.4, -0.2) is 18.8 Å². The summed E-state index contributed by atoms with van der Waals surface area (Å²) in [5.41, 5.74) is 6.84. The van der Waals surface area contributed by atoms with Crippen LogP contribution in [0, 0.1) is 11.8 Å². The fraction of sp³-hybridized carbons (Fsp3) is 1.00. The number of nitrogens with two attached hydrogens (primary N) is 1. The molecule has 2 unspecified atom stereocenters. The van der Waals surface area contributed by atoms with Gasteiger partial charge in [0.05, 0.1) is 6.10 Å². The topological polar surface area (TPSA) is 35.2 Å². The Morgan fingerprint density at radius 2 is 1.88 bits per heavy atom. The molecule has 100 valence electrons. The molecule has 2 rings (SSSR count). The maximum Gasteiger partial charge on any atom is 0.0574 e. The predicted octanol–water partition coefficient (Wildman–Crippen LogP) is 3.49. The van der Waals surface area contributed by atoms with Crippen molar-refractivity contribution in [3.8, 4) is 0 Å². The first-order valence-electron chi connectivity index (χ1n) is 7.49. The third-order valence-electron chi connectivity index (χ3n) is 5.39. The van der Waals surface area contributed by atoms with E-state index in [4.69, 9.17) is 10.5 Å². The molecule has 0 aliphatic heterocycles. The SMILES string of the molecule is CCC1CCC(N)(C2CCCC(OC)C2)CC1. The van der Waals surface area contributed by atoms with E-state index < -0.39 is 0 Å². The summed E-state index contributed by atoms with van der Waals surface area (Å²) in [5, 5.41) is 0. The summed E-state index contributed by atoms with van der Waals surface area (Å²) in [4.78, 5) is 0. The number of methoxy groups -OCH3 is 1. The van der Waals surface area contributed by atoms with Crippen LogP contribution in [-0.2, 0) is 4.74 Å². The molecular formula is C15H29NO. The Labute approximate surface area is 106 Å². The monoisotopic (exact) mass is 239 g/mol. The summed E-state index contributed by atoms with van der Waals surface area (Å²) in [6.07, 6.45) is 12.1. The molecule has 2 saturated carbocycles. The van der Waals surface area contributed by atoms with Crippen molar-refractivity contribution in [3.63, 3.8) is 0 Å². The largest absolute Gasteiger partial charge is 0.381 e. The first-order chi connectivity index (χ1) is 8.18. The standard InChI is InChI=1S/C15H29NO/c1-3-12-7-9-15(16,10-8-12)13-5-4-6-14(11-13)17-2/h12-14H,3-11,16H2,1-2H3. The van der Waals surface area contributed by atoms with Gasteiger partial charge < -0.3 is 10.5 Å². The van der Waals surface area contributed by atoms with Gasteiger partial charge in [0.2, 0.25) is 0 Å². The minimum atomic E-state index is 0.128. The van der Waals surface area contributed by atoms with E-state index in [1.807, 2.05) is 7.11 Å². The highest BCUT2D eigenvalue weighted by molar-refractivity contribution is 4.97. The lowest BCUT2D eigenvalue weighted by Gasteiger charge is -2.45. The van der Waals surface area contributed by atoms with Gasteiger partial charge in [0.25, 0.3) is 0 Å². The van der Waals surface area contributed by atoms with E-state index in [1.54, 1.807) is 0 Å². The van der Waals surface area contributed by atoms with Crippen molar-refractivity contribution in [2.24, 2.45) is 17.6 Å². The number of hydrogen-bond donors (Lipinski definition) is 1. The van der Waals surface area contributed by atoms with Crippen LogP contribution in [0.15, 0.2) is 0 Å². The average molecular weight is 239 g/mol. The van der Waals surface area contributed by atoms with Crippen molar-refractivity contribution in [2.75, 3.05) is 7.11 Å². The lowest BCUT2D eigenvalue weighted by atomic mass is 9.65. The van der Waals surface area contributed by atoms with Gasteiger partial charge >= 0.3 is 0 Å². The van der Waals surface area contributed by atoms with Gasteiger partial charge in [-0.3, -0.25) is 0 Å². The van der Waals surface area contributed by atoms with Crippen LogP contribution < -0.4 is 5.73 Å². The Morgan fingerprint density at radius 1 is 1.18 bits per heavy atom. The third kappa shape index (κ3) is 3.03. The van der Waals surface area contributed by atoms with Crippen molar-refractivity contribution >= 4 is 0 Å². The molecule has 2 heteroatoms. The highest BCUT2D eigenvalue weighted by atomic mass is 16.5. The number of ether oxygens (including phenoxy) is 1. The molecular weight excluding hydrogens is 210 g/mol. The first kappa shape index (κ1) is 13.4. The second-order valence-electron chi connectivity index (χ2n) is 6.31. The fourth-order valence-electron chi connectivity index (χ4n) is 3.91. The molecule has 0 radical (unpaired) electrons. The summed E-state index contributed by atoms with van der Waals surface area (Å²) in [6.45, 7) is 2.32. The summed E-state index contributed by atoms with van der Waals surface area (Å²) >= 11 is 0. The van der Waals surface area contributed by atoms with Crippen LogP contribution in [0.3, 0.4) is 0 Å². The normalized spacial score (nSPS) is 43.6. The van der Waals surface area contributed by atoms with Crippen LogP contribution in [0.2, 0.25) is 0 Å². The fourth-order valence-corrected chi connectivity index (χ4v) is 3.91. The van der Waals surface area contributed by atoms with Gasteiger partial charge in [-0.1, -0.05) is 19.8 Å². The zero-order valence-electron chi connectivity index (χ0n) is 11.6. The Kier molecular flexibility index (Phi) is 4.48. The zero-order chi connectivity index (χ0) is 12.3. The van der Waals surface area contributed by atoms with Crippen LogP contribution in [0.4, 0.5) is 0 Å². The van der Waals surface area contributed by atoms with Crippen molar-refractivity contribution in [3.05, 3.63) is 0 Å². The lowest BCUT2D eigenvalue weighted by Crippen LogP contribution is -2.51. The van der Waals surface area contributed by atoms with Gasteiger partial charge in [0, 0.05) is 12.6 Å². The molecule has 2 aliphatic carbocycles. The molecule has 0 heterocycles. The van der Waals surface area contributed by atoms with E-state index in [-0.39, 0.29) is 5.54 Å². The van der Waals surface area contributed by atoms with E-state index in [2.05, 4.69) is 6.92 Å². The highest BCUT2D eigenvalue weighted by Gasteiger charge is 2.40. The van der Waals surface area contributed by atoms with Gasteiger partial charge in [-0.2, -0.15) is 0 Å². The summed E-state index contributed by atoms with van der Waals surface area (Å²) in [5.74, 6) is 1.65. The smallest absolute Gasteiger partial charge is 0.0574 e. The Hall–Kier alpha value is -0.0800. The van der Waals surface area contributed by atoms with Gasteiger partial charge in [-0.25, -0.2) is 0 Å². The summed E-state index contributed by atoms with van der Waals surface area (Å²) < 4.78 is 5.54. The highest BCUT2D eigenvalue weighted by Crippen LogP contribution is 2.42. The predicted molar refractivity (Wildman–Crippen MR) is 71.9 cm³/mol. The van der Waals surface area contributed by atoms with E-state index in [1.165, 1.54) is 57.8 Å². The Balaban J connectivity index is 1.92. The van der Waals surface area contributed by atoms with Gasteiger partial charge in [-0.15, -0.1) is 0 Å². The van der Waals surface area contributed by atoms with Gasteiger partial charge in [0.1, 0.15) is 0 Å². The third-order valence-corrected chi connectivity index (χ3v) is 5.39. The molecule has 0 aromatic carbocycles. The Bertz CT molecular complexity index is 233. The second-order valence-corrected chi connectivity index (χ2v) is 6.31. The molecule has 2 nitrogen and oxygen atoms in total. The number of rotatable bonds is 3. The summed E-state index contributed by atoms with van der Waals surface area (Å²) in [7, 11) is 1.85. The lowest BCUT2D eigenvalue weighted by molar-refractivity contribution is 0.0193. The zero-order valence-corrected chi connectivity index (χ0v) is 11.6. The molecule has 2 aliphatic rings. The first-order valence-corrected chi connectivity index (χ1v) is 7.49. The molecule has 17 heavy (non-hydrogen) atoms. The van der Waals surface area contributed by atoms with E-state index in [9.17, 15) is 0 Å². The number of hydrogen-bond acceptors (Lipinski definition) is 2. The van der Waals surface area contributed by atoms with E-state index in [0.717, 1.165) is 5.92 Å². The maximum absolute atomic E-state index is 6.71. The van der Waals surface area contributed by atoms with Gasteiger partial charge in [-0.05, 0) is 56.8 Å². The van der Waals surface area contributed by atoms with E-state index >= 15 is 0 Å². The van der Waals surface area contributed by atoms with Crippen LogP contribution in [0.25, 0.3) is 0 Å². The molecule has 2 atom stereocenters. The van der Waals surface area contributed by atoms with Crippen molar-refractivity contribution in [1.29, 1.82) is 0 Å². The molecule has 2 fully saturated rings. The molecule has 0 aromatic heterocycles. The minimum absolute atomic E-state index is 0.128. The summed E-state index contributed by atoms with van der Waals surface area (Å²) in [6, 6.07) is 0. The van der Waals surface area contributed by atoms with Crippen molar-refractivity contribution in [2.45, 2.75) is 76.4 Å². The van der Waals surface area contributed by atoms with Crippen LogP contribution in [0.1, 0.15) is 64.7 Å². The average Bonchev–Trinajstić information content (AvgIpc) is 2.40. The molecule has 0 amide bonds. The second kappa shape index (κ2) is 5.71.